The molecule has 0 fully saturated rings. The number of nitrogens with zero attached hydrogens (tertiary/aromatic N) is 5. The average Bonchev–Trinajstić information content (AvgIpc) is 3.29. The first-order valence-corrected chi connectivity index (χ1v) is 11.5. The van der Waals surface area contributed by atoms with Crippen molar-refractivity contribution in [3.63, 3.8) is 0 Å². The molecule has 174 valence electrons. The highest BCUT2D eigenvalue weighted by atomic mass is 35.5. The van der Waals surface area contributed by atoms with Gasteiger partial charge >= 0.3 is 5.69 Å². The lowest BCUT2D eigenvalue weighted by Crippen LogP contribution is -2.39. The number of hydrogen-bond donors (Lipinski definition) is 0. The lowest BCUT2D eigenvalue weighted by Gasteiger charge is -2.11. The number of thiophene rings is 1. The van der Waals surface area contributed by atoms with Gasteiger partial charge in [-0.2, -0.15) is 10.4 Å². The van der Waals surface area contributed by atoms with Crippen molar-refractivity contribution in [3.05, 3.63) is 80.3 Å². The Kier molecular flexibility index (Phi) is 5.80. The first-order chi connectivity index (χ1) is 16.9. The number of hydrogen-bond acceptors (Lipinski definition) is 7. The summed E-state index contributed by atoms with van der Waals surface area (Å²) in [6.45, 7) is 0.0565. The summed E-state index contributed by atoms with van der Waals surface area (Å²) >= 11 is 7.41. The van der Waals surface area contributed by atoms with Crippen LogP contribution < -0.4 is 16.0 Å². The van der Waals surface area contributed by atoms with Gasteiger partial charge in [0.1, 0.15) is 4.70 Å². The van der Waals surface area contributed by atoms with E-state index in [4.69, 9.17) is 21.6 Å². The van der Waals surface area contributed by atoms with Crippen molar-refractivity contribution in [1.82, 2.24) is 19.3 Å². The fraction of sp³-hybridized carbons (Fsp3) is 0.125. The van der Waals surface area contributed by atoms with Gasteiger partial charge in [0.25, 0.3) is 5.56 Å². The van der Waals surface area contributed by atoms with Crippen LogP contribution in [0.4, 0.5) is 4.39 Å². The van der Waals surface area contributed by atoms with Gasteiger partial charge in [0.15, 0.2) is 17.4 Å². The topological polar surface area (TPSA) is 103 Å². The molecule has 5 rings (SSSR count). The Morgan fingerprint density at radius 3 is 2.80 bits per heavy atom. The summed E-state index contributed by atoms with van der Waals surface area (Å²) in [5.41, 5.74) is -0.429. The van der Waals surface area contributed by atoms with Crippen LogP contribution in [0.1, 0.15) is 6.42 Å². The van der Waals surface area contributed by atoms with E-state index in [1.54, 1.807) is 30.5 Å². The van der Waals surface area contributed by atoms with Crippen molar-refractivity contribution in [2.45, 2.75) is 13.0 Å². The molecule has 0 spiro atoms. The van der Waals surface area contributed by atoms with Crippen LogP contribution in [-0.4, -0.2) is 26.4 Å². The standard InChI is InChI=1S/C24H15ClFN5O3S/c1-34-19-9-15(16(25)10-17(19)26)20-11-18-21(35-20)23(32)31(24(33)30(18)8-4-7-27)22-14-6-3-2-5-13(14)12-28-29-22/h2-3,5-6,9-12H,4,8H2,1H3. The Morgan fingerprint density at radius 2 is 2.03 bits per heavy atom. The summed E-state index contributed by atoms with van der Waals surface area (Å²) in [4.78, 5) is 27.7. The van der Waals surface area contributed by atoms with Gasteiger partial charge in [0.05, 0.1) is 36.3 Å². The van der Waals surface area contributed by atoms with Crippen molar-refractivity contribution in [2.75, 3.05) is 7.11 Å². The maximum Gasteiger partial charge on any atom is 0.337 e. The van der Waals surface area contributed by atoms with Gasteiger partial charge in [0, 0.05) is 27.8 Å². The zero-order valence-electron chi connectivity index (χ0n) is 18.2. The molecule has 35 heavy (non-hydrogen) atoms. The van der Waals surface area contributed by atoms with Crippen LogP contribution in [0.5, 0.6) is 5.75 Å². The predicted octanol–water partition coefficient (Wildman–Crippen LogP) is 4.54. The molecule has 8 nitrogen and oxygen atoms in total. The number of aromatic nitrogens is 4. The van der Waals surface area contributed by atoms with E-state index < -0.39 is 17.1 Å². The van der Waals surface area contributed by atoms with Crippen LogP contribution in [0.3, 0.4) is 0 Å². The SMILES string of the molecule is COc1cc(-c2cc3c(s2)c(=O)n(-c2nncc4ccccc24)c(=O)n3CCC#N)c(Cl)cc1F. The van der Waals surface area contributed by atoms with Crippen LogP contribution >= 0.6 is 22.9 Å². The summed E-state index contributed by atoms with van der Waals surface area (Å²) in [6.07, 6.45) is 1.59. The molecule has 0 amide bonds. The van der Waals surface area contributed by atoms with E-state index in [0.29, 0.717) is 26.7 Å². The molecule has 0 saturated carbocycles. The molecule has 0 N–H and O–H groups in total. The summed E-state index contributed by atoms with van der Waals surface area (Å²) < 4.78 is 21.8. The summed E-state index contributed by atoms with van der Waals surface area (Å²) in [5.74, 6) is -0.528. The minimum Gasteiger partial charge on any atom is -0.494 e. The number of nitriles is 1. The van der Waals surface area contributed by atoms with Crippen LogP contribution in [0, 0.1) is 17.1 Å². The lowest BCUT2D eigenvalue weighted by molar-refractivity contribution is 0.387. The Morgan fingerprint density at radius 1 is 1.23 bits per heavy atom. The highest BCUT2D eigenvalue weighted by molar-refractivity contribution is 7.22. The molecular weight excluding hydrogens is 493 g/mol. The minimum absolute atomic E-state index is 0.00725. The average molecular weight is 508 g/mol. The van der Waals surface area contributed by atoms with Gasteiger partial charge in [0.2, 0.25) is 0 Å². The van der Waals surface area contributed by atoms with Crippen molar-refractivity contribution >= 4 is 43.9 Å². The molecule has 0 aliphatic heterocycles. The third-order valence-electron chi connectivity index (χ3n) is 5.54. The van der Waals surface area contributed by atoms with Gasteiger partial charge in [-0.05, 0) is 18.2 Å². The normalized spacial score (nSPS) is 11.1. The molecule has 11 heteroatoms. The van der Waals surface area contributed by atoms with Crippen molar-refractivity contribution in [2.24, 2.45) is 0 Å². The van der Waals surface area contributed by atoms with Crippen LogP contribution in [0.15, 0.2) is 58.3 Å². The van der Waals surface area contributed by atoms with Crippen LogP contribution in [-0.2, 0) is 6.54 Å². The summed E-state index contributed by atoms with van der Waals surface area (Å²) in [6, 6.07) is 13.4. The number of rotatable bonds is 5. The molecule has 0 atom stereocenters. The van der Waals surface area contributed by atoms with E-state index in [1.807, 2.05) is 12.1 Å². The van der Waals surface area contributed by atoms with E-state index >= 15 is 0 Å². The molecule has 0 aliphatic carbocycles. The maximum absolute atomic E-state index is 14.1. The number of aryl methyl sites for hydroxylation is 1. The Hall–Kier alpha value is -4.07. The number of benzene rings is 2. The first kappa shape index (κ1) is 22.7. The van der Waals surface area contributed by atoms with Crippen LogP contribution in [0.25, 0.3) is 37.2 Å². The van der Waals surface area contributed by atoms with E-state index in [-0.39, 0.29) is 34.3 Å². The molecule has 3 aromatic heterocycles. The summed E-state index contributed by atoms with van der Waals surface area (Å²) in [7, 11) is 1.34. The second-order valence-corrected chi connectivity index (χ2v) is 8.99. The zero-order valence-corrected chi connectivity index (χ0v) is 19.7. The quantitative estimate of drug-likeness (QED) is 0.346. The van der Waals surface area contributed by atoms with E-state index in [9.17, 15) is 14.0 Å². The molecule has 5 aromatic rings. The van der Waals surface area contributed by atoms with Crippen molar-refractivity contribution in [1.29, 1.82) is 5.26 Å². The minimum atomic E-state index is -0.643. The molecule has 3 heterocycles. The molecule has 0 aliphatic rings. The molecule has 0 unspecified atom stereocenters. The Bertz CT molecular complexity index is 1780. The number of methoxy groups -OCH3 is 1. The van der Waals surface area contributed by atoms with E-state index in [2.05, 4.69) is 10.2 Å². The van der Waals surface area contributed by atoms with Gasteiger partial charge in [-0.1, -0.05) is 35.9 Å². The number of ether oxygens (including phenoxy) is 1. The largest absolute Gasteiger partial charge is 0.494 e. The van der Waals surface area contributed by atoms with Crippen LogP contribution in [0.2, 0.25) is 5.02 Å². The second-order valence-electron chi connectivity index (χ2n) is 7.53. The molecular formula is C24H15ClFN5O3S. The molecule has 0 bridgehead atoms. The smallest absolute Gasteiger partial charge is 0.337 e. The molecule has 0 radical (unpaired) electrons. The van der Waals surface area contributed by atoms with E-state index in [1.165, 1.54) is 17.7 Å². The molecule has 0 saturated heterocycles. The van der Waals surface area contributed by atoms with Gasteiger partial charge in [-0.15, -0.1) is 16.4 Å². The Balaban J connectivity index is 1.85. The third kappa shape index (κ3) is 3.75. The predicted molar refractivity (Wildman–Crippen MR) is 132 cm³/mol. The van der Waals surface area contributed by atoms with Crippen molar-refractivity contribution < 1.29 is 9.13 Å². The van der Waals surface area contributed by atoms with Crippen molar-refractivity contribution in [3.8, 4) is 28.1 Å². The van der Waals surface area contributed by atoms with Gasteiger partial charge in [-0.25, -0.2) is 13.8 Å². The maximum atomic E-state index is 14.1. The zero-order chi connectivity index (χ0) is 24.7. The highest BCUT2D eigenvalue weighted by Gasteiger charge is 2.21. The highest BCUT2D eigenvalue weighted by Crippen LogP contribution is 2.39. The molecule has 2 aromatic carbocycles. The fourth-order valence-electron chi connectivity index (χ4n) is 3.90. The second kappa shape index (κ2) is 8.94. The fourth-order valence-corrected chi connectivity index (χ4v) is 5.33. The first-order valence-electron chi connectivity index (χ1n) is 10.3. The van der Waals surface area contributed by atoms with Gasteiger partial charge in [-0.3, -0.25) is 9.36 Å². The number of fused-ring (bicyclic) bond motifs is 2. The van der Waals surface area contributed by atoms with E-state index in [0.717, 1.165) is 22.0 Å². The van der Waals surface area contributed by atoms with Gasteiger partial charge < -0.3 is 4.74 Å². The Labute approximate surface area is 206 Å². The summed E-state index contributed by atoms with van der Waals surface area (Å²) in [5, 5.41) is 18.6. The monoisotopic (exact) mass is 507 g/mol. The number of halogens is 2. The third-order valence-corrected chi connectivity index (χ3v) is 7.00. The lowest BCUT2D eigenvalue weighted by atomic mass is 10.1.